The molecule has 3 N–H and O–H groups in total. The van der Waals surface area contributed by atoms with Gasteiger partial charge in [0.1, 0.15) is 0 Å². The maximum Gasteiger partial charge on any atom is 0.234 e. The van der Waals surface area contributed by atoms with Gasteiger partial charge in [0.15, 0.2) is 0 Å². The number of nitrogens with two attached hydrogens (primary N) is 1. The number of nitrogens with one attached hydrogen (secondary N) is 1. The minimum absolute atomic E-state index is 0.173. The molecule has 1 heterocycles. The number of nitrogens with zero attached hydrogens (tertiary/aromatic N) is 1. The Hall–Kier alpha value is -0.610. The third kappa shape index (κ3) is 3.76. The van der Waals surface area contributed by atoms with E-state index in [0.29, 0.717) is 6.04 Å². The quantitative estimate of drug-likeness (QED) is 0.697. The van der Waals surface area contributed by atoms with E-state index in [0.717, 1.165) is 32.0 Å². The third-order valence-corrected chi connectivity index (χ3v) is 3.41. The maximum atomic E-state index is 11.2. The molecule has 94 valence electrons. The molecule has 3 atom stereocenters. The summed E-state index contributed by atoms with van der Waals surface area (Å²) in [7, 11) is 0. The number of primary amides is 1. The summed E-state index contributed by atoms with van der Waals surface area (Å²) in [6, 6.07) is 0.471. The normalized spacial score (nSPS) is 28.2. The van der Waals surface area contributed by atoms with Crippen LogP contribution in [-0.4, -0.2) is 42.5 Å². The molecule has 0 aromatic rings. The summed E-state index contributed by atoms with van der Waals surface area (Å²) < 4.78 is 0. The minimum Gasteiger partial charge on any atom is -0.368 e. The van der Waals surface area contributed by atoms with Gasteiger partial charge in [0.2, 0.25) is 5.91 Å². The molecular weight excluding hydrogens is 202 g/mol. The largest absolute Gasteiger partial charge is 0.368 e. The Balaban J connectivity index is 2.34. The first-order chi connectivity index (χ1) is 7.54. The fourth-order valence-corrected chi connectivity index (χ4v) is 2.58. The molecule has 1 saturated heterocycles. The molecule has 0 aromatic carbocycles. The molecular formula is C12H25N3O. The van der Waals surface area contributed by atoms with Crippen LogP contribution in [0.3, 0.4) is 0 Å². The molecule has 0 bridgehead atoms. The molecule has 0 spiro atoms. The van der Waals surface area contributed by atoms with Crippen molar-refractivity contribution >= 4 is 5.91 Å². The van der Waals surface area contributed by atoms with Crippen LogP contribution in [0.15, 0.2) is 0 Å². The predicted molar refractivity (Wildman–Crippen MR) is 66.1 cm³/mol. The van der Waals surface area contributed by atoms with Crippen LogP contribution in [0.25, 0.3) is 0 Å². The fraction of sp³-hybridized carbons (Fsp3) is 0.917. The lowest BCUT2D eigenvalue weighted by atomic mass is 10.1. The molecule has 0 radical (unpaired) electrons. The van der Waals surface area contributed by atoms with Crippen molar-refractivity contribution in [1.82, 2.24) is 10.2 Å². The lowest BCUT2D eigenvalue weighted by molar-refractivity contribution is -0.120. The van der Waals surface area contributed by atoms with Gasteiger partial charge in [0.25, 0.3) is 0 Å². The van der Waals surface area contributed by atoms with Gasteiger partial charge in [-0.2, -0.15) is 0 Å². The van der Waals surface area contributed by atoms with Crippen molar-refractivity contribution in [2.24, 2.45) is 11.7 Å². The van der Waals surface area contributed by atoms with Crippen LogP contribution in [0.5, 0.6) is 0 Å². The van der Waals surface area contributed by atoms with Crippen molar-refractivity contribution in [2.45, 2.75) is 45.7 Å². The average Bonchev–Trinajstić information content (AvgIpc) is 2.51. The van der Waals surface area contributed by atoms with Crippen LogP contribution >= 0.6 is 0 Å². The average molecular weight is 227 g/mol. The molecule has 1 aliphatic rings. The van der Waals surface area contributed by atoms with E-state index in [-0.39, 0.29) is 11.9 Å². The summed E-state index contributed by atoms with van der Waals surface area (Å²) in [5, 5.41) is 3.13. The summed E-state index contributed by atoms with van der Waals surface area (Å²) in [4.78, 5) is 13.6. The van der Waals surface area contributed by atoms with Crippen LogP contribution in [-0.2, 0) is 4.79 Å². The number of hydrogen-bond donors (Lipinski definition) is 2. The zero-order valence-corrected chi connectivity index (χ0v) is 10.7. The monoisotopic (exact) mass is 227 g/mol. The lowest BCUT2D eigenvalue weighted by Gasteiger charge is -2.23. The van der Waals surface area contributed by atoms with Crippen molar-refractivity contribution in [3.8, 4) is 0 Å². The second-order valence-corrected chi connectivity index (χ2v) is 4.99. The van der Waals surface area contributed by atoms with Crippen LogP contribution < -0.4 is 11.1 Å². The van der Waals surface area contributed by atoms with Crippen LogP contribution in [0.2, 0.25) is 0 Å². The molecule has 1 rings (SSSR count). The highest BCUT2D eigenvalue weighted by molar-refractivity contribution is 5.79. The molecule has 4 nitrogen and oxygen atoms in total. The van der Waals surface area contributed by atoms with E-state index < -0.39 is 0 Å². The van der Waals surface area contributed by atoms with Crippen molar-refractivity contribution in [1.29, 1.82) is 0 Å². The van der Waals surface area contributed by atoms with Crippen molar-refractivity contribution in [3.05, 3.63) is 0 Å². The lowest BCUT2D eigenvalue weighted by Crippen LogP contribution is -2.44. The Morgan fingerprint density at radius 3 is 2.69 bits per heavy atom. The van der Waals surface area contributed by atoms with Crippen LogP contribution in [0.1, 0.15) is 33.6 Å². The smallest absolute Gasteiger partial charge is 0.234 e. The van der Waals surface area contributed by atoms with Gasteiger partial charge in [-0.3, -0.25) is 4.79 Å². The van der Waals surface area contributed by atoms with E-state index >= 15 is 0 Å². The van der Waals surface area contributed by atoms with E-state index in [1.54, 1.807) is 0 Å². The van der Waals surface area contributed by atoms with E-state index in [4.69, 9.17) is 5.73 Å². The predicted octanol–water partition coefficient (Wildman–Crippen LogP) is 0.570. The molecule has 3 unspecified atom stereocenters. The fourth-order valence-electron chi connectivity index (χ4n) is 2.58. The van der Waals surface area contributed by atoms with Gasteiger partial charge in [-0.1, -0.05) is 13.8 Å². The van der Waals surface area contributed by atoms with Gasteiger partial charge in [0, 0.05) is 19.1 Å². The Morgan fingerprint density at radius 2 is 2.25 bits per heavy atom. The molecule has 16 heavy (non-hydrogen) atoms. The van der Waals surface area contributed by atoms with Crippen LogP contribution in [0, 0.1) is 5.92 Å². The molecule has 0 saturated carbocycles. The number of amides is 1. The summed E-state index contributed by atoms with van der Waals surface area (Å²) in [5.74, 6) is 0.544. The highest BCUT2D eigenvalue weighted by Crippen LogP contribution is 2.22. The van der Waals surface area contributed by atoms with Crippen molar-refractivity contribution in [2.75, 3.05) is 19.6 Å². The van der Waals surface area contributed by atoms with Crippen LogP contribution in [0.4, 0.5) is 0 Å². The van der Waals surface area contributed by atoms with Gasteiger partial charge < -0.3 is 16.0 Å². The Labute approximate surface area is 98.6 Å². The molecule has 0 aromatic heterocycles. The minimum atomic E-state index is -0.234. The zero-order chi connectivity index (χ0) is 12.1. The van der Waals surface area contributed by atoms with E-state index in [9.17, 15) is 4.79 Å². The van der Waals surface area contributed by atoms with E-state index in [1.165, 1.54) is 6.42 Å². The molecule has 1 fully saturated rings. The van der Waals surface area contributed by atoms with E-state index in [2.05, 4.69) is 24.1 Å². The second kappa shape index (κ2) is 6.21. The first-order valence-electron chi connectivity index (χ1n) is 6.31. The number of carbonyl (C=O) groups excluding carboxylic acids is 1. The summed E-state index contributed by atoms with van der Waals surface area (Å²) >= 11 is 0. The van der Waals surface area contributed by atoms with Crippen molar-refractivity contribution < 1.29 is 4.79 Å². The van der Waals surface area contributed by atoms with Gasteiger partial charge in [-0.15, -0.1) is 0 Å². The first kappa shape index (κ1) is 13.5. The Morgan fingerprint density at radius 1 is 1.56 bits per heavy atom. The Bertz CT molecular complexity index is 232. The maximum absolute atomic E-state index is 11.2. The van der Waals surface area contributed by atoms with Gasteiger partial charge in [-0.25, -0.2) is 0 Å². The summed E-state index contributed by atoms with van der Waals surface area (Å²) in [6.45, 7) is 9.45. The number of likely N-dealkylation sites (tertiary alicyclic amines) is 1. The topological polar surface area (TPSA) is 58.4 Å². The number of carbonyl (C=O) groups is 1. The second-order valence-electron chi connectivity index (χ2n) is 4.99. The van der Waals surface area contributed by atoms with Gasteiger partial charge in [-0.05, 0) is 32.2 Å². The summed E-state index contributed by atoms with van der Waals surface area (Å²) in [6.07, 6.45) is 2.09. The van der Waals surface area contributed by atoms with Crippen molar-refractivity contribution in [3.63, 3.8) is 0 Å². The highest BCUT2D eigenvalue weighted by atomic mass is 16.1. The zero-order valence-electron chi connectivity index (χ0n) is 10.7. The molecule has 4 heteroatoms. The number of likely N-dealkylation sites (N-methyl/N-ethyl adjacent to an activating group) is 1. The highest BCUT2D eigenvalue weighted by Gasteiger charge is 2.26. The number of rotatable bonds is 6. The SMILES string of the molecule is CCNC(CCN1CC(C)CC1C)C(N)=O. The molecule has 0 aliphatic carbocycles. The third-order valence-electron chi connectivity index (χ3n) is 3.41. The number of hydrogen-bond acceptors (Lipinski definition) is 3. The summed E-state index contributed by atoms with van der Waals surface area (Å²) in [5.41, 5.74) is 5.35. The first-order valence-corrected chi connectivity index (χ1v) is 6.31. The van der Waals surface area contributed by atoms with Gasteiger partial charge >= 0.3 is 0 Å². The standard InChI is InChI=1S/C12H25N3O/c1-4-14-11(12(13)16)5-6-15-8-9(2)7-10(15)3/h9-11,14H,4-8H2,1-3H3,(H2,13,16). The van der Waals surface area contributed by atoms with E-state index in [1.807, 2.05) is 6.92 Å². The molecule has 1 aliphatic heterocycles. The Kier molecular flexibility index (Phi) is 5.22. The molecule has 1 amide bonds. The van der Waals surface area contributed by atoms with Gasteiger partial charge in [0.05, 0.1) is 6.04 Å².